The normalized spacial score (nSPS) is 11.5. The Bertz CT molecular complexity index is 1170. The van der Waals surface area contributed by atoms with Crippen LogP contribution in [0.15, 0.2) is 30.5 Å². The number of methoxy groups -OCH3 is 1. The summed E-state index contributed by atoms with van der Waals surface area (Å²) in [4.78, 5) is 12.6. The van der Waals surface area contributed by atoms with Crippen molar-refractivity contribution in [3.05, 3.63) is 41.0 Å². The number of nitrogens with zero attached hydrogens (tertiary/aromatic N) is 3. The molecule has 5 nitrogen and oxygen atoms in total. The number of halogens is 3. The lowest BCUT2D eigenvalue weighted by atomic mass is 10.1. The highest BCUT2D eigenvalue weighted by Crippen LogP contribution is 2.39. The van der Waals surface area contributed by atoms with E-state index in [-0.39, 0.29) is 6.01 Å². The molecule has 27 heavy (non-hydrogen) atoms. The van der Waals surface area contributed by atoms with Gasteiger partial charge >= 0.3 is 12.6 Å². The Hall–Kier alpha value is -2.58. The summed E-state index contributed by atoms with van der Waals surface area (Å²) < 4.78 is 35.5. The van der Waals surface area contributed by atoms with E-state index in [4.69, 9.17) is 16.3 Å². The first-order chi connectivity index (χ1) is 12.9. The molecule has 0 bridgehead atoms. The topological polar surface area (TPSA) is 57.1 Å². The molecule has 0 saturated heterocycles. The first kappa shape index (κ1) is 17.8. The maximum absolute atomic E-state index is 12.5. The van der Waals surface area contributed by atoms with Crippen molar-refractivity contribution in [3.8, 4) is 22.3 Å². The SMILES string of the molecule is COc1cc(Cl)c2nc(-c3cc(C)cc4cnc(OC(F)F)nc34)sc2c1. The molecule has 4 aromatic rings. The number of alkyl halides is 2. The monoisotopic (exact) mass is 407 g/mol. The second-order valence-corrected chi connectivity index (χ2v) is 7.19. The zero-order valence-electron chi connectivity index (χ0n) is 14.2. The van der Waals surface area contributed by atoms with Crippen molar-refractivity contribution in [2.24, 2.45) is 0 Å². The fraction of sp³-hybridized carbons (Fsp3) is 0.167. The van der Waals surface area contributed by atoms with Crippen LogP contribution in [0.4, 0.5) is 8.78 Å². The lowest BCUT2D eigenvalue weighted by Crippen LogP contribution is -2.05. The molecule has 4 rings (SSSR count). The van der Waals surface area contributed by atoms with Gasteiger partial charge in [0.2, 0.25) is 0 Å². The van der Waals surface area contributed by atoms with Gasteiger partial charge in [0.05, 0.1) is 22.3 Å². The Morgan fingerprint density at radius 1 is 1.11 bits per heavy atom. The molecule has 138 valence electrons. The maximum Gasteiger partial charge on any atom is 0.389 e. The summed E-state index contributed by atoms with van der Waals surface area (Å²) >= 11 is 7.72. The average molecular weight is 408 g/mol. The first-order valence-electron chi connectivity index (χ1n) is 7.81. The molecule has 0 aliphatic rings. The molecule has 0 aliphatic carbocycles. The predicted molar refractivity (Wildman–Crippen MR) is 101 cm³/mol. The molecular weight excluding hydrogens is 396 g/mol. The highest BCUT2D eigenvalue weighted by atomic mass is 35.5. The average Bonchev–Trinajstić information content (AvgIpc) is 3.05. The fourth-order valence-electron chi connectivity index (χ4n) is 2.78. The van der Waals surface area contributed by atoms with E-state index in [9.17, 15) is 8.78 Å². The van der Waals surface area contributed by atoms with E-state index in [0.29, 0.717) is 37.8 Å². The molecular formula is C18H12ClF2N3O2S. The van der Waals surface area contributed by atoms with Crippen molar-refractivity contribution in [1.82, 2.24) is 15.0 Å². The molecule has 0 unspecified atom stereocenters. The standard InChI is InChI=1S/C18H12ClF2N3O2S/c1-8-3-9-7-22-18(26-17(20)21)24-14(9)11(4-8)16-23-15-12(19)5-10(25-2)6-13(15)27-16/h3-7,17H,1-2H3. The van der Waals surface area contributed by atoms with Crippen LogP contribution in [0.2, 0.25) is 5.02 Å². The highest BCUT2D eigenvalue weighted by molar-refractivity contribution is 7.21. The maximum atomic E-state index is 12.5. The summed E-state index contributed by atoms with van der Waals surface area (Å²) in [6.45, 7) is -1.07. The molecule has 0 N–H and O–H groups in total. The number of thiazole rings is 1. The van der Waals surface area contributed by atoms with Gasteiger partial charge in [-0.15, -0.1) is 11.3 Å². The number of ether oxygens (including phenoxy) is 2. The van der Waals surface area contributed by atoms with Crippen LogP contribution >= 0.6 is 22.9 Å². The Morgan fingerprint density at radius 2 is 1.93 bits per heavy atom. The summed E-state index contributed by atoms with van der Waals surface area (Å²) in [5, 5.41) is 1.84. The Labute approximate surface area is 161 Å². The fourth-order valence-corrected chi connectivity index (χ4v) is 4.12. The Morgan fingerprint density at radius 3 is 2.67 bits per heavy atom. The summed E-state index contributed by atoms with van der Waals surface area (Å²) in [5.41, 5.74) is 2.79. The van der Waals surface area contributed by atoms with Crippen molar-refractivity contribution in [3.63, 3.8) is 0 Å². The third-order valence-corrected chi connectivity index (χ3v) is 5.21. The summed E-state index contributed by atoms with van der Waals surface area (Å²) in [5.74, 6) is 0.631. The molecule has 9 heteroatoms. The van der Waals surface area contributed by atoms with Gasteiger partial charge in [0.1, 0.15) is 16.3 Å². The summed E-state index contributed by atoms with van der Waals surface area (Å²) in [6.07, 6.45) is 1.46. The van der Waals surface area contributed by atoms with Gasteiger partial charge in [0.15, 0.2) is 0 Å². The van der Waals surface area contributed by atoms with Crippen LogP contribution in [-0.2, 0) is 0 Å². The van der Waals surface area contributed by atoms with Crippen LogP contribution in [0.3, 0.4) is 0 Å². The molecule has 0 atom stereocenters. The zero-order valence-corrected chi connectivity index (χ0v) is 15.7. The third-order valence-electron chi connectivity index (χ3n) is 3.89. The summed E-state index contributed by atoms with van der Waals surface area (Å²) in [6, 6.07) is 6.92. The van der Waals surface area contributed by atoms with E-state index in [1.54, 1.807) is 13.2 Å². The van der Waals surface area contributed by atoms with Crippen LogP contribution < -0.4 is 9.47 Å². The quantitative estimate of drug-likeness (QED) is 0.448. The molecule has 0 saturated carbocycles. The number of hydrogen-bond acceptors (Lipinski definition) is 6. The van der Waals surface area contributed by atoms with Crippen molar-refractivity contribution in [2.45, 2.75) is 13.5 Å². The molecule has 0 radical (unpaired) electrons. The molecule has 0 amide bonds. The van der Waals surface area contributed by atoms with Crippen LogP contribution in [-0.4, -0.2) is 28.7 Å². The molecule has 0 aliphatic heterocycles. The van der Waals surface area contributed by atoms with Gasteiger partial charge < -0.3 is 9.47 Å². The lowest BCUT2D eigenvalue weighted by Gasteiger charge is -2.07. The second kappa shape index (κ2) is 6.86. The number of hydrogen-bond donors (Lipinski definition) is 0. The van der Waals surface area contributed by atoms with E-state index in [1.165, 1.54) is 17.5 Å². The van der Waals surface area contributed by atoms with E-state index in [0.717, 1.165) is 10.3 Å². The molecule has 0 spiro atoms. The lowest BCUT2D eigenvalue weighted by molar-refractivity contribution is -0.0558. The van der Waals surface area contributed by atoms with Gasteiger partial charge in [-0.2, -0.15) is 13.8 Å². The van der Waals surface area contributed by atoms with Gasteiger partial charge in [-0.3, -0.25) is 0 Å². The Kier molecular flexibility index (Phi) is 4.53. The van der Waals surface area contributed by atoms with E-state index >= 15 is 0 Å². The number of rotatable bonds is 4. The van der Waals surface area contributed by atoms with Crippen LogP contribution in [0.1, 0.15) is 5.56 Å². The number of benzene rings is 2. The van der Waals surface area contributed by atoms with Crippen LogP contribution in [0, 0.1) is 6.92 Å². The second-order valence-electron chi connectivity index (χ2n) is 5.76. The van der Waals surface area contributed by atoms with Gasteiger partial charge in [-0.1, -0.05) is 11.6 Å². The van der Waals surface area contributed by atoms with Gasteiger partial charge in [0.25, 0.3) is 0 Å². The van der Waals surface area contributed by atoms with Crippen molar-refractivity contribution < 1.29 is 18.3 Å². The minimum Gasteiger partial charge on any atom is -0.497 e. The van der Waals surface area contributed by atoms with E-state index < -0.39 is 6.61 Å². The molecule has 0 fully saturated rings. The molecule has 2 aromatic carbocycles. The highest BCUT2D eigenvalue weighted by Gasteiger charge is 2.16. The van der Waals surface area contributed by atoms with E-state index in [2.05, 4.69) is 19.7 Å². The number of aromatic nitrogens is 3. The molecule has 2 aromatic heterocycles. The van der Waals surface area contributed by atoms with Crippen molar-refractivity contribution in [2.75, 3.05) is 7.11 Å². The van der Waals surface area contributed by atoms with E-state index in [1.807, 2.05) is 25.1 Å². The summed E-state index contributed by atoms with van der Waals surface area (Å²) in [7, 11) is 1.56. The third kappa shape index (κ3) is 3.38. The number of fused-ring (bicyclic) bond motifs is 2. The van der Waals surface area contributed by atoms with Crippen LogP contribution in [0.25, 0.3) is 31.7 Å². The first-order valence-corrected chi connectivity index (χ1v) is 9.00. The minimum atomic E-state index is -3.00. The largest absolute Gasteiger partial charge is 0.497 e. The van der Waals surface area contributed by atoms with Gasteiger partial charge in [0, 0.05) is 23.2 Å². The van der Waals surface area contributed by atoms with Gasteiger partial charge in [-0.25, -0.2) is 9.97 Å². The van der Waals surface area contributed by atoms with Crippen molar-refractivity contribution in [1.29, 1.82) is 0 Å². The minimum absolute atomic E-state index is 0.386. The predicted octanol–water partition coefficient (Wildman–Crippen LogP) is 5.48. The van der Waals surface area contributed by atoms with Crippen molar-refractivity contribution >= 4 is 44.1 Å². The van der Waals surface area contributed by atoms with Gasteiger partial charge in [-0.05, 0) is 30.7 Å². The molecule has 2 heterocycles. The smallest absolute Gasteiger partial charge is 0.389 e. The number of aryl methyl sites for hydroxylation is 1. The zero-order chi connectivity index (χ0) is 19.1. The Balaban J connectivity index is 1.94. The van der Waals surface area contributed by atoms with Crippen LogP contribution in [0.5, 0.6) is 11.8 Å².